The van der Waals surface area contributed by atoms with Crippen LogP contribution in [0.1, 0.15) is 10.4 Å². The Labute approximate surface area is 153 Å². The Morgan fingerprint density at radius 1 is 1.26 bits per heavy atom. The predicted molar refractivity (Wildman–Crippen MR) is 99.5 cm³/mol. The van der Waals surface area contributed by atoms with Gasteiger partial charge in [0.2, 0.25) is 0 Å². The van der Waals surface area contributed by atoms with Crippen molar-refractivity contribution in [1.82, 2.24) is 4.98 Å². The number of nitrogens with one attached hydrogen (secondary N) is 2. The first-order valence-electron chi connectivity index (χ1n) is 6.31. The lowest BCUT2D eigenvalue weighted by Gasteiger charge is -2.08. The number of halogens is 3. The van der Waals surface area contributed by atoms with E-state index < -0.39 is 0 Å². The molecule has 0 fully saturated rings. The van der Waals surface area contributed by atoms with Gasteiger partial charge < -0.3 is 5.32 Å². The van der Waals surface area contributed by atoms with Crippen LogP contribution in [0.4, 0.5) is 10.8 Å². The number of carbonyl (C=O) groups excluding carboxylic acids is 1. The molecular formula is C14H9BrCl2N4OS. The molecule has 3 aromatic rings. The van der Waals surface area contributed by atoms with Gasteiger partial charge in [-0.1, -0.05) is 34.5 Å². The second kappa shape index (κ2) is 6.62. The molecule has 0 aliphatic heterocycles. The van der Waals surface area contributed by atoms with Crippen molar-refractivity contribution in [1.29, 1.82) is 0 Å². The molecule has 23 heavy (non-hydrogen) atoms. The Hall–Kier alpha value is -1.38. The molecule has 0 aliphatic rings. The van der Waals surface area contributed by atoms with Crippen LogP contribution in [-0.4, -0.2) is 10.9 Å². The Morgan fingerprint density at radius 2 is 2.04 bits per heavy atom. The third kappa shape index (κ3) is 3.44. The molecule has 0 unspecified atom stereocenters. The second-order valence-electron chi connectivity index (χ2n) is 4.55. The van der Waals surface area contributed by atoms with E-state index in [1.165, 1.54) is 17.4 Å². The van der Waals surface area contributed by atoms with E-state index in [1.54, 1.807) is 18.2 Å². The lowest BCUT2D eigenvalue weighted by atomic mass is 10.2. The minimum absolute atomic E-state index is 0.294. The number of amides is 1. The highest BCUT2D eigenvalue weighted by Crippen LogP contribution is 2.34. The average molecular weight is 432 g/mol. The standard InChI is InChI=1S/C14H9BrCl2N4OS/c15-9-4-7(5-11-12(9)20-14(21-18)23-11)19-13(22)8-2-1-6(16)3-10(8)17/h1-5H,18H2,(H,19,22)(H,20,21). The molecule has 1 amide bonds. The highest BCUT2D eigenvalue weighted by atomic mass is 79.9. The number of hydrogen-bond donors (Lipinski definition) is 3. The number of nitrogens with two attached hydrogens (primary N) is 1. The van der Waals surface area contributed by atoms with Gasteiger partial charge in [0.15, 0.2) is 5.13 Å². The molecular weight excluding hydrogens is 423 g/mol. The Morgan fingerprint density at radius 3 is 2.74 bits per heavy atom. The van der Waals surface area contributed by atoms with Crippen LogP contribution in [0.25, 0.3) is 10.2 Å². The van der Waals surface area contributed by atoms with Gasteiger partial charge >= 0.3 is 0 Å². The first kappa shape index (κ1) is 16.5. The number of hydrazine groups is 1. The number of benzene rings is 2. The lowest BCUT2D eigenvalue weighted by molar-refractivity contribution is 0.102. The molecule has 9 heteroatoms. The summed E-state index contributed by atoms with van der Waals surface area (Å²) in [4.78, 5) is 16.7. The van der Waals surface area contributed by atoms with Gasteiger partial charge in [-0.05, 0) is 46.3 Å². The topological polar surface area (TPSA) is 80.0 Å². The molecule has 0 saturated heterocycles. The normalized spacial score (nSPS) is 10.8. The zero-order valence-corrected chi connectivity index (χ0v) is 15.3. The van der Waals surface area contributed by atoms with Crippen LogP contribution in [0.3, 0.4) is 0 Å². The van der Waals surface area contributed by atoms with Crippen molar-refractivity contribution in [2.45, 2.75) is 0 Å². The number of thiazole rings is 1. The summed E-state index contributed by atoms with van der Waals surface area (Å²) in [5.41, 5.74) is 4.25. The molecule has 0 radical (unpaired) electrons. The van der Waals surface area contributed by atoms with Crippen LogP contribution in [0.15, 0.2) is 34.8 Å². The summed E-state index contributed by atoms with van der Waals surface area (Å²) in [6.07, 6.45) is 0. The molecule has 0 saturated carbocycles. The third-order valence-electron chi connectivity index (χ3n) is 3.01. The summed E-state index contributed by atoms with van der Waals surface area (Å²) in [6, 6.07) is 8.31. The molecule has 2 aromatic carbocycles. The van der Waals surface area contributed by atoms with Crippen molar-refractivity contribution in [2.24, 2.45) is 5.84 Å². The van der Waals surface area contributed by atoms with Gasteiger partial charge in [-0.15, -0.1) is 0 Å². The molecule has 5 nitrogen and oxygen atoms in total. The van der Waals surface area contributed by atoms with E-state index in [-0.39, 0.29) is 5.91 Å². The van der Waals surface area contributed by atoms with Crippen molar-refractivity contribution in [2.75, 3.05) is 10.7 Å². The Bertz CT molecular complexity index is 915. The van der Waals surface area contributed by atoms with Crippen LogP contribution >= 0.6 is 50.5 Å². The van der Waals surface area contributed by atoms with Crippen molar-refractivity contribution < 1.29 is 4.79 Å². The van der Waals surface area contributed by atoms with Gasteiger partial charge in [0.05, 0.1) is 20.8 Å². The minimum Gasteiger partial charge on any atom is -0.322 e. The molecule has 0 spiro atoms. The summed E-state index contributed by atoms with van der Waals surface area (Å²) in [7, 11) is 0. The van der Waals surface area contributed by atoms with Crippen LogP contribution in [0.5, 0.6) is 0 Å². The summed E-state index contributed by atoms with van der Waals surface area (Å²) < 4.78 is 1.63. The van der Waals surface area contributed by atoms with E-state index in [9.17, 15) is 4.79 Å². The van der Waals surface area contributed by atoms with Crippen LogP contribution < -0.4 is 16.6 Å². The maximum Gasteiger partial charge on any atom is 0.257 e. The van der Waals surface area contributed by atoms with Crippen LogP contribution in [-0.2, 0) is 0 Å². The van der Waals surface area contributed by atoms with E-state index in [1.807, 2.05) is 6.07 Å². The zero-order chi connectivity index (χ0) is 16.6. The maximum atomic E-state index is 12.4. The van der Waals surface area contributed by atoms with Gasteiger partial charge in [-0.2, -0.15) is 0 Å². The number of rotatable bonds is 3. The Kier molecular flexibility index (Phi) is 4.74. The fourth-order valence-electron chi connectivity index (χ4n) is 1.99. The fourth-order valence-corrected chi connectivity index (χ4v) is 4.01. The highest BCUT2D eigenvalue weighted by Gasteiger charge is 2.13. The van der Waals surface area contributed by atoms with Gasteiger partial charge in [0.1, 0.15) is 0 Å². The van der Waals surface area contributed by atoms with Crippen molar-refractivity contribution >= 4 is 77.4 Å². The van der Waals surface area contributed by atoms with E-state index in [2.05, 4.69) is 31.7 Å². The van der Waals surface area contributed by atoms with Crippen molar-refractivity contribution in [3.05, 3.63) is 50.4 Å². The van der Waals surface area contributed by atoms with E-state index in [0.717, 1.165) is 14.7 Å². The zero-order valence-electron chi connectivity index (χ0n) is 11.4. The van der Waals surface area contributed by atoms with Gasteiger partial charge in [-0.25, -0.2) is 10.8 Å². The monoisotopic (exact) mass is 430 g/mol. The van der Waals surface area contributed by atoms with Crippen LogP contribution in [0, 0.1) is 0 Å². The second-order valence-corrected chi connectivity index (χ2v) is 7.28. The van der Waals surface area contributed by atoms with E-state index in [0.29, 0.717) is 26.4 Å². The smallest absolute Gasteiger partial charge is 0.257 e. The summed E-state index contributed by atoms with van der Waals surface area (Å²) >= 11 is 16.7. The molecule has 4 N–H and O–H groups in total. The third-order valence-corrected chi connectivity index (χ3v) is 5.09. The van der Waals surface area contributed by atoms with E-state index >= 15 is 0 Å². The summed E-state index contributed by atoms with van der Waals surface area (Å²) in [5, 5.41) is 4.17. The average Bonchev–Trinajstić information content (AvgIpc) is 2.90. The van der Waals surface area contributed by atoms with Gasteiger partial charge in [-0.3, -0.25) is 10.2 Å². The first-order chi connectivity index (χ1) is 11.0. The summed E-state index contributed by atoms with van der Waals surface area (Å²) in [6.45, 7) is 0. The van der Waals surface area contributed by atoms with E-state index in [4.69, 9.17) is 29.0 Å². The predicted octanol–water partition coefficient (Wildman–Crippen LogP) is 4.90. The number of nitrogen functional groups attached to an aromatic ring is 1. The number of carbonyl (C=O) groups is 1. The largest absolute Gasteiger partial charge is 0.322 e. The number of anilines is 2. The SMILES string of the molecule is NNc1nc2c(Br)cc(NC(=O)c3ccc(Cl)cc3Cl)cc2s1. The number of nitrogens with zero attached hydrogens (tertiary/aromatic N) is 1. The number of fused-ring (bicyclic) bond motifs is 1. The van der Waals surface area contributed by atoms with Crippen LogP contribution in [0.2, 0.25) is 10.0 Å². The lowest BCUT2D eigenvalue weighted by Crippen LogP contribution is -2.12. The highest BCUT2D eigenvalue weighted by molar-refractivity contribution is 9.10. The fraction of sp³-hybridized carbons (Fsp3) is 0. The van der Waals surface area contributed by atoms with Crippen molar-refractivity contribution in [3.8, 4) is 0 Å². The molecule has 118 valence electrons. The molecule has 3 rings (SSSR count). The maximum absolute atomic E-state index is 12.4. The quantitative estimate of drug-likeness (QED) is 0.406. The molecule has 1 aromatic heterocycles. The molecule has 0 atom stereocenters. The minimum atomic E-state index is -0.320. The molecule has 0 bridgehead atoms. The molecule has 1 heterocycles. The number of aromatic nitrogens is 1. The number of hydrogen-bond acceptors (Lipinski definition) is 5. The van der Waals surface area contributed by atoms with Gasteiger partial charge in [0.25, 0.3) is 5.91 Å². The van der Waals surface area contributed by atoms with Gasteiger partial charge in [0, 0.05) is 15.2 Å². The van der Waals surface area contributed by atoms with Crippen molar-refractivity contribution in [3.63, 3.8) is 0 Å². The first-order valence-corrected chi connectivity index (χ1v) is 8.67. The summed E-state index contributed by atoms with van der Waals surface area (Å²) in [5.74, 6) is 5.05. The molecule has 0 aliphatic carbocycles. The Balaban J connectivity index is 1.93.